The molecule has 1 aromatic carbocycles. The van der Waals surface area contributed by atoms with Gasteiger partial charge in [0.2, 0.25) is 0 Å². The molecule has 110 valence electrons. The van der Waals surface area contributed by atoms with Crippen molar-refractivity contribution in [1.29, 1.82) is 0 Å². The number of amides is 1. The summed E-state index contributed by atoms with van der Waals surface area (Å²) in [5.41, 5.74) is -0.386. The third-order valence-corrected chi connectivity index (χ3v) is 3.02. The summed E-state index contributed by atoms with van der Waals surface area (Å²) in [5.74, 6) is -4.49. The number of carbonyl (C=O) groups excluding carboxylic acids is 1. The number of rotatable bonds is 3. The Labute approximate surface area is 118 Å². The molecular weight excluding hydrogens is 284 g/mol. The molecule has 0 radical (unpaired) electrons. The van der Waals surface area contributed by atoms with Gasteiger partial charge in [-0.25, -0.2) is 13.6 Å². The molecule has 0 atom stereocenters. The number of hydrogen-bond acceptors (Lipinski definition) is 3. The molecule has 2 N–H and O–H groups in total. The Balaban J connectivity index is 2.35. The summed E-state index contributed by atoms with van der Waals surface area (Å²) in [5, 5.41) is 14.9. The number of carboxylic acids is 1. The molecule has 1 aromatic heterocycles. The van der Waals surface area contributed by atoms with E-state index >= 15 is 0 Å². The van der Waals surface area contributed by atoms with Crippen LogP contribution < -0.4 is 5.32 Å². The zero-order chi connectivity index (χ0) is 15.7. The Kier molecular flexibility index (Phi) is 3.70. The first-order valence-corrected chi connectivity index (χ1v) is 5.83. The van der Waals surface area contributed by atoms with Crippen molar-refractivity contribution in [2.24, 2.45) is 7.05 Å². The number of halogens is 2. The Morgan fingerprint density at radius 3 is 2.43 bits per heavy atom. The largest absolute Gasteiger partial charge is 0.478 e. The van der Waals surface area contributed by atoms with Crippen LogP contribution in [-0.4, -0.2) is 26.8 Å². The number of hydrogen-bond donors (Lipinski definition) is 2. The zero-order valence-corrected chi connectivity index (χ0v) is 11.1. The standard InChI is InChI=1S/C13H11F2N3O3/c1-6-8(5-16-18(6)2)12(19)17-11-3-7(13(20)21)9(14)4-10(11)15/h3-5H,1-2H3,(H,17,19)(H,20,21). The highest BCUT2D eigenvalue weighted by molar-refractivity contribution is 6.05. The molecule has 0 bridgehead atoms. The van der Waals surface area contributed by atoms with Crippen LogP contribution in [0, 0.1) is 18.6 Å². The molecule has 0 fully saturated rings. The molecule has 0 saturated carbocycles. The van der Waals surface area contributed by atoms with Gasteiger partial charge in [-0.3, -0.25) is 9.48 Å². The summed E-state index contributed by atoms with van der Waals surface area (Å²) in [6.07, 6.45) is 1.30. The lowest BCUT2D eigenvalue weighted by atomic mass is 10.1. The molecule has 1 heterocycles. The average Bonchev–Trinajstić information content (AvgIpc) is 2.73. The Morgan fingerprint density at radius 2 is 1.90 bits per heavy atom. The van der Waals surface area contributed by atoms with Gasteiger partial charge in [0, 0.05) is 18.8 Å². The zero-order valence-electron chi connectivity index (χ0n) is 11.1. The van der Waals surface area contributed by atoms with Crippen molar-refractivity contribution in [3.8, 4) is 0 Å². The van der Waals surface area contributed by atoms with E-state index in [1.807, 2.05) is 0 Å². The number of carbonyl (C=O) groups is 2. The van der Waals surface area contributed by atoms with Crippen LogP contribution in [-0.2, 0) is 7.05 Å². The molecule has 2 rings (SSSR count). The van der Waals surface area contributed by atoms with E-state index in [-0.39, 0.29) is 5.56 Å². The first kappa shape index (κ1) is 14.6. The molecule has 1 amide bonds. The molecule has 6 nitrogen and oxygen atoms in total. The van der Waals surface area contributed by atoms with Crippen LogP contribution in [0.1, 0.15) is 26.4 Å². The minimum absolute atomic E-state index is 0.207. The number of benzene rings is 1. The van der Waals surface area contributed by atoms with Gasteiger partial charge in [0.05, 0.1) is 23.0 Å². The van der Waals surface area contributed by atoms with Crippen molar-refractivity contribution in [3.05, 3.63) is 46.8 Å². The highest BCUT2D eigenvalue weighted by Crippen LogP contribution is 2.21. The van der Waals surface area contributed by atoms with Crippen LogP contribution in [0.15, 0.2) is 18.3 Å². The van der Waals surface area contributed by atoms with Crippen molar-refractivity contribution >= 4 is 17.6 Å². The van der Waals surface area contributed by atoms with Crippen LogP contribution in [0.3, 0.4) is 0 Å². The van der Waals surface area contributed by atoms with E-state index in [0.717, 1.165) is 6.07 Å². The van der Waals surface area contributed by atoms with Crippen molar-refractivity contribution in [2.75, 3.05) is 5.32 Å². The fourth-order valence-electron chi connectivity index (χ4n) is 1.72. The van der Waals surface area contributed by atoms with Gasteiger partial charge in [-0.15, -0.1) is 0 Å². The van der Waals surface area contributed by atoms with E-state index in [4.69, 9.17) is 5.11 Å². The first-order valence-electron chi connectivity index (χ1n) is 5.83. The quantitative estimate of drug-likeness (QED) is 0.906. The molecule has 0 aliphatic heterocycles. The second-order valence-electron chi connectivity index (χ2n) is 4.34. The van der Waals surface area contributed by atoms with Crippen molar-refractivity contribution in [2.45, 2.75) is 6.92 Å². The highest BCUT2D eigenvalue weighted by Gasteiger charge is 2.19. The monoisotopic (exact) mass is 295 g/mol. The Morgan fingerprint density at radius 1 is 1.24 bits per heavy atom. The molecule has 8 heteroatoms. The topological polar surface area (TPSA) is 84.2 Å². The van der Waals surface area contributed by atoms with E-state index in [1.54, 1.807) is 14.0 Å². The number of nitrogens with zero attached hydrogens (tertiary/aromatic N) is 2. The van der Waals surface area contributed by atoms with Gasteiger partial charge in [0.25, 0.3) is 5.91 Å². The number of carboxylic acid groups (broad SMARTS) is 1. The summed E-state index contributed by atoms with van der Waals surface area (Å²) in [4.78, 5) is 22.8. The lowest BCUT2D eigenvalue weighted by molar-refractivity contribution is 0.0691. The molecular formula is C13H11F2N3O3. The summed E-state index contributed by atoms with van der Waals surface area (Å²) in [6.45, 7) is 1.64. The van der Waals surface area contributed by atoms with Gasteiger partial charge in [-0.2, -0.15) is 5.10 Å². The number of anilines is 1. The summed E-state index contributed by atoms with van der Waals surface area (Å²) in [7, 11) is 1.63. The van der Waals surface area contributed by atoms with E-state index < -0.39 is 34.8 Å². The molecule has 0 saturated heterocycles. The van der Waals surface area contributed by atoms with E-state index in [0.29, 0.717) is 11.8 Å². The number of aromatic nitrogens is 2. The van der Waals surface area contributed by atoms with E-state index in [9.17, 15) is 18.4 Å². The number of aromatic carboxylic acids is 1. The smallest absolute Gasteiger partial charge is 0.338 e. The second kappa shape index (κ2) is 5.31. The van der Waals surface area contributed by atoms with Gasteiger partial charge in [-0.05, 0) is 13.0 Å². The molecule has 0 aliphatic carbocycles. The van der Waals surface area contributed by atoms with Crippen molar-refractivity contribution < 1.29 is 23.5 Å². The summed E-state index contributed by atoms with van der Waals surface area (Å²) >= 11 is 0. The van der Waals surface area contributed by atoms with Gasteiger partial charge >= 0.3 is 5.97 Å². The summed E-state index contributed by atoms with van der Waals surface area (Å²) < 4.78 is 28.3. The van der Waals surface area contributed by atoms with Crippen LogP contribution in [0.2, 0.25) is 0 Å². The Hall–Kier alpha value is -2.77. The summed E-state index contributed by atoms with van der Waals surface area (Å²) in [6, 6.07) is 1.14. The third kappa shape index (κ3) is 2.73. The van der Waals surface area contributed by atoms with Crippen molar-refractivity contribution in [3.63, 3.8) is 0 Å². The van der Waals surface area contributed by atoms with E-state index in [2.05, 4.69) is 10.4 Å². The van der Waals surface area contributed by atoms with Crippen LogP contribution in [0.25, 0.3) is 0 Å². The molecule has 21 heavy (non-hydrogen) atoms. The average molecular weight is 295 g/mol. The minimum atomic E-state index is -1.56. The van der Waals surface area contributed by atoms with Crippen LogP contribution in [0.4, 0.5) is 14.5 Å². The van der Waals surface area contributed by atoms with E-state index in [1.165, 1.54) is 10.9 Å². The third-order valence-electron chi connectivity index (χ3n) is 3.02. The molecule has 0 spiro atoms. The molecule has 0 aliphatic rings. The molecule has 0 unspecified atom stereocenters. The number of nitrogens with one attached hydrogen (secondary N) is 1. The minimum Gasteiger partial charge on any atom is -0.478 e. The first-order chi connectivity index (χ1) is 9.81. The maximum absolute atomic E-state index is 13.6. The van der Waals surface area contributed by atoms with Gasteiger partial charge in [0.1, 0.15) is 11.6 Å². The van der Waals surface area contributed by atoms with Gasteiger partial charge in [0.15, 0.2) is 0 Å². The lowest BCUT2D eigenvalue weighted by Crippen LogP contribution is -2.15. The maximum atomic E-state index is 13.6. The second-order valence-corrected chi connectivity index (χ2v) is 4.34. The predicted octanol–water partition coefficient (Wildman–Crippen LogP) is 1.96. The van der Waals surface area contributed by atoms with Crippen LogP contribution >= 0.6 is 0 Å². The fourth-order valence-corrected chi connectivity index (χ4v) is 1.72. The molecule has 2 aromatic rings. The fraction of sp³-hybridized carbons (Fsp3) is 0.154. The van der Waals surface area contributed by atoms with Gasteiger partial charge in [-0.1, -0.05) is 0 Å². The highest BCUT2D eigenvalue weighted by atomic mass is 19.1. The maximum Gasteiger partial charge on any atom is 0.338 e. The lowest BCUT2D eigenvalue weighted by Gasteiger charge is -2.08. The van der Waals surface area contributed by atoms with Crippen LogP contribution in [0.5, 0.6) is 0 Å². The van der Waals surface area contributed by atoms with Gasteiger partial charge < -0.3 is 10.4 Å². The SMILES string of the molecule is Cc1c(C(=O)Nc2cc(C(=O)O)c(F)cc2F)cnn1C. The number of aryl methyl sites for hydroxylation is 1. The normalized spacial score (nSPS) is 10.5. The predicted molar refractivity (Wildman–Crippen MR) is 69.2 cm³/mol. The van der Waals surface area contributed by atoms with Crippen molar-refractivity contribution in [1.82, 2.24) is 9.78 Å². The Bertz CT molecular complexity index is 741.